The van der Waals surface area contributed by atoms with Gasteiger partial charge in [0, 0.05) is 10.2 Å². The molecule has 0 unspecified atom stereocenters. The van der Waals surface area contributed by atoms with Crippen LogP contribution in [0.4, 0.5) is 11.6 Å². The molecule has 0 saturated heterocycles. The van der Waals surface area contributed by atoms with Crippen LogP contribution >= 0.6 is 15.9 Å². The Morgan fingerprint density at radius 2 is 1.69 bits per heavy atom. The van der Waals surface area contributed by atoms with Gasteiger partial charge in [0.2, 0.25) is 20.7 Å². The van der Waals surface area contributed by atoms with Crippen LogP contribution in [0.2, 0.25) is 0 Å². The number of sulfone groups is 1. The van der Waals surface area contributed by atoms with Gasteiger partial charge in [-0.3, -0.25) is 0 Å². The van der Waals surface area contributed by atoms with Crippen LogP contribution in [-0.2, 0) is 9.84 Å². The standard InChI is InChI=1S/C21H17BrN2O4S/c1-13-10-14(2)12-16(11-13)23-20-21(24-19(28-20)18-4-3-9-27-18)29(25,26)17-7-5-15(22)6-8-17/h3-12,23H,1-2H3. The molecular formula is C21H17BrN2O4S. The lowest BCUT2D eigenvalue weighted by Gasteiger charge is -2.08. The molecule has 0 saturated carbocycles. The Morgan fingerprint density at radius 3 is 2.31 bits per heavy atom. The fraction of sp³-hybridized carbons (Fsp3) is 0.0952. The lowest BCUT2D eigenvalue weighted by molar-refractivity contribution is 0.524. The zero-order valence-electron chi connectivity index (χ0n) is 15.6. The van der Waals surface area contributed by atoms with Gasteiger partial charge in [-0.2, -0.15) is 4.98 Å². The maximum Gasteiger partial charge on any atom is 0.266 e. The highest BCUT2D eigenvalue weighted by molar-refractivity contribution is 9.10. The second kappa shape index (κ2) is 7.53. The minimum absolute atomic E-state index is 0.0318. The molecule has 2 aromatic carbocycles. The highest BCUT2D eigenvalue weighted by Crippen LogP contribution is 2.34. The summed E-state index contributed by atoms with van der Waals surface area (Å²) in [6.45, 7) is 3.93. The molecule has 2 heterocycles. The van der Waals surface area contributed by atoms with Gasteiger partial charge in [-0.1, -0.05) is 22.0 Å². The predicted octanol–water partition coefficient (Wildman–Crippen LogP) is 5.89. The normalized spacial score (nSPS) is 11.6. The van der Waals surface area contributed by atoms with E-state index in [-0.39, 0.29) is 21.7 Å². The van der Waals surface area contributed by atoms with Crippen LogP contribution in [0.3, 0.4) is 0 Å². The molecule has 0 amide bonds. The number of nitrogens with one attached hydrogen (secondary N) is 1. The van der Waals surface area contributed by atoms with Gasteiger partial charge in [0.05, 0.1) is 11.2 Å². The van der Waals surface area contributed by atoms with Gasteiger partial charge < -0.3 is 14.2 Å². The van der Waals surface area contributed by atoms with E-state index >= 15 is 0 Å². The first-order valence-corrected chi connectivity index (χ1v) is 11.0. The number of hydrogen-bond donors (Lipinski definition) is 1. The summed E-state index contributed by atoms with van der Waals surface area (Å²) in [6.07, 6.45) is 1.47. The number of anilines is 2. The fourth-order valence-corrected chi connectivity index (χ4v) is 4.50. The molecule has 0 atom stereocenters. The Labute approximate surface area is 176 Å². The van der Waals surface area contributed by atoms with E-state index in [0.29, 0.717) is 11.4 Å². The molecule has 4 rings (SSSR count). The second-order valence-corrected chi connectivity index (χ2v) is 9.37. The maximum absolute atomic E-state index is 13.3. The first kappa shape index (κ1) is 19.5. The first-order chi connectivity index (χ1) is 13.8. The van der Waals surface area contributed by atoms with Crippen molar-refractivity contribution in [2.45, 2.75) is 23.8 Å². The molecule has 0 aliphatic carbocycles. The number of nitrogens with zero attached hydrogens (tertiary/aromatic N) is 1. The summed E-state index contributed by atoms with van der Waals surface area (Å²) in [4.78, 5) is 4.36. The van der Waals surface area contributed by atoms with Crippen molar-refractivity contribution in [1.29, 1.82) is 0 Å². The molecule has 6 nitrogen and oxygen atoms in total. The molecule has 0 aliphatic rings. The number of furan rings is 1. The van der Waals surface area contributed by atoms with Crippen LogP contribution in [0.5, 0.6) is 0 Å². The number of aryl methyl sites for hydroxylation is 2. The van der Waals surface area contributed by atoms with Gasteiger partial charge in [0.25, 0.3) is 5.89 Å². The molecule has 4 aromatic rings. The van der Waals surface area contributed by atoms with Crippen LogP contribution in [0.15, 0.2) is 84.1 Å². The molecule has 1 N–H and O–H groups in total. The van der Waals surface area contributed by atoms with Crippen molar-refractivity contribution in [1.82, 2.24) is 4.98 Å². The van der Waals surface area contributed by atoms with Crippen LogP contribution in [-0.4, -0.2) is 13.4 Å². The second-order valence-electron chi connectivity index (χ2n) is 6.59. The van der Waals surface area contributed by atoms with E-state index in [1.165, 1.54) is 18.4 Å². The van der Waals surface area contributed by atoms with Crippen LogP contribution < -0.4 is 5.32 Å². The van der Waals surface area contributed by atoms with Gasteiger partial charge in [-0.05, 0) is 73.5 Å². The van der Waals surface area contributed by atoms with E-state index in [1.807, 2.05) is 32.0 Å². The molecule has 29 heavy (non-hydrogen) atoms. The largest absolute Gasteiger partial charge is 0.459 e. The van der Waals surface area contributed by atoms with Gasteiger partial charge in [-0.25, -0.2) is 8.42 Å². The lowest BCUT2D eigenvalue weighted by Crippen LogP contribution is -2.05. The molecule has 0 spiro atoms. The molecule has 2 aromatic heterocycles. The average Bonchev–Trinajstić information content (AvgIpc) is 3.31. The van der Waals surface area contributed by atoms with E-state index < -0.39 is 9.84 Å². The van der Waals surface area contributed by atoms with Crippen molar-refractivity contribution in [2.24, 2.45) is 0 Å². The zero-order chi connectivity index (χ0) is 20.6. The van der Waals surface area contributed by atoms with E-state index in [1.54, 1.807) is 24.3 Å². The number of benzene rings is 2. The van der Waals surface area contributed by atoms with Crippen molar-refractivity contribution in [3.8, 4) is 11.7 Å². The highest BCUT2D eigenvalue weighted by atomic mass is 79.9. The highest BCUT2D eigenvalue weighted by Gasteiger charge is 2.29. The summed E-state index contributed by atoms with van der Waals surface area (Å²) < 4.78 is 38.4. The number of halogens is 1. The third kappa shape index (κ3) is 3.99. The number of rotatable bonds is 5. The van der Waals surface area contributed by atoms with E-state index in [2.05, 4.69) is 26.2 Å². The summed E-state index contributed by atoms with van der Waals surface area (Å²) in [6, 6.07) is 15.5. The number of oxazole rings is 1. The summed E-state index contributed by atoms with van der Waals surface area (Å²) in [5.74, 6) is 0.451. The fourth-order valence-electron chi connectivity index (χ4n) is 2.98. The molecule has 0 bridgehead atoms. The van der Waals surface area contributed by atoms with Crippen LogP contribution in [0.25, 0.3) is 11.7 Å². The monoisotopic (exact) mass is 472 g/mol. The smallest absolute Gasteiger partial charge is 0.266 e. The number of aromatic nitrogens is 1. The van der Waals surface area contributed by atoms with Crippen LogP contribution in [0.1, 0.15) is 11.1 Å². The molecule has 0 aliphatic heterocycles. The Hall–Kier alpha value is -2.84. The van der Waals surface area contributed by atoms with E-state index in [0.717, 1.165) is 15.6 Å². The lowest BCUT2D eigenvalue weighted by atomic mass is 10.1. The van der Waals surface area contributed by atoms with Crippen molar-refractivity contribution >= 4 is 37.3 Å². The Bertz CT molecular complexity index is 1240. The minimum Gasteiger partial charge on any atom is -0.459 e. The summed E-state index contributed by atoms with van der Waals surface area (Å²) in [5.41, 5.74) is 2.78. The van der Waals surface area contributed by atoms with Gasteiger partial charge in [0.15, 0.2) is 5.76 Å². The maximum atomic E-state index is 13.3. The van der Waals surface area contributed by atoms with Gasteiger partial charge in [-0.15, -0.1) is 0 Å². The zero-order valence-corrected chi connectivity index (χ0v) is 18.0. The summed E-state index contributed by atoms with van der Waals surface area (Å²) in [5, 5.41) is 2.86. The van der Waals surface area contributed by atoms with Gasteiger partial charge >= 0.3 is 0 Å². The third-order valence-corrected chi connectivity index (χ3v) is 6.39. The minimum atomic E-state index is -3.93. The third-order valence-electron chi connectivity index (χ3n) is 4.19. The molecule has 148 valence electrons. The van der Waals surface area contributed by atoms with Crippen molar-refractivity contribution < 1.29 is 17.3 Å². The average molecular weight is 473 g/mol. The van der Waals surface area contributed by atoms with E-state index in [4.69, 9.17) is 8.83 Å². The van der Waals surface area contributed by atoms with Crippen molar-refractivity contribution in [2.75, 3.05) is 5.32 Å². The molecular weight excluding hydrogens is 456 g/mol. The first-order valence-electron chi connectivity index (χ1n) is 8.73. The molecule has 0 fully saturated rings. The Kier molecular flexibility index (Phi) is 5.06. The molecule has 8 heteroatoms. The number of hydrogen-bond acceptors (Lipinski definition) is 6. The Morgan fingerprint density at radius 1 is 1.00 bits per heavy atom. The van der Waals surface area contributed by atoms with E-state index in [9.17, 15) is 8.42 Å². The van der Waals surface area contributed by atoms with Crippen molar-refractivity contribution in [3.05, 3.63) is 76.5 Å². The quantitative estimate of drug-likeness (QED) is 0.389. The topological polar surface area (TPSA) is 85.3 Å². The Balaban J connectivity index is 1.84. The molecule has 0 radical (unpaired) electrons. The summed E-state index contributed by atoms with van der Waals surface area (Å²) in [7, 11) is -3.93. The van der Waals surface area contributed by atoms with Gasteiger partial charge in [0.1, 0.15) is 0 Å². The van der Waals surface area contributed by atoms with Crippen molar-refractivity contribution in [3.63, 3.8) is 0 Å². The summed E-state index contributed by atoms with van der Waals surface area (Å²) >= 11 is 3.32. The SMILES string of the molecule is Cc1cc(C)cc(Nc2oc(-c3ccco3)nc2S(=O)(=O)c2ccc(Br)cc2)c1. The van der Waals surface area contributed by atoms with Crippen LogP contribution in [0, 0.1) is 13.8 Å². The predicted molar refractivity (Wildman–Crippen MR) is 113 cm³/mol.